The van der Waals surface area contributed by atoms with Crippen molar-refractivity contribution in [3.8, 4) is 0 Å². The van der Waals surface area contributed by atoms with Gasteiger partial charge in [-0.1, -0.05) is 43.5 Å². The summed E-state index contributed by atoms with van der Waals surface area (Å²) in [4.78, 5) is 8.54. The molecule has 1 fully saturated rings. The van der Waals surface area contributed by atoms with E-state index in [9.17, 15) is 5.11 Å². The van der Waals surface area contributed by atoms with Gasteiger partial charge >= 0.3 is 5.65 Å². The lowest BCUT2D eigenvalue weighted by atomic mass is 9.47. The average molecular weight is 439 g/mol. The minimum atomic E-state index is 0.155. The number of allylic oxidation sites excluding steroid dienone is 3. The maximum Gasteiger partial charge on any atom is 0.307 e. The SMILES string of the molecule is C/C(=C\Cn1c[n+](C)c2ncnc(N)c21)CC[C@]1(C)[C@@H](C)CC[C@@]2(C)C(CO)=CCC[C@@H]12. The second-order valence-corrected chi connectivity index (χ2v) is 10.7. The van der Waals surface area contributed by atoms with Crippen LogP contribution >= 0.6 is 0 Å². The molecule has 2 aromatic heterocycles. The van der Waals surface area contributed by atoms with Gasteiger partial charge in [0.1, 0.15) is 0 Å². The van der Waals surface area contributed by atoms with Crippen molar-refractivity contribution in [1.82, 2.24) is 14.5 Å². The van der Waals surface area contributed by atoms with E-state index in [0.29, 0.717) is 23.1 Å². The molecule has 32 heavy (non-hydrogen) atoms. The highest BCUT2D eigenvalue weighted by atomic mass is 16.3. The van der Waals surface area contributed by atoms with E-state index in [-0.39, 0.29) is 12.0 Å². The Morgan fingerprint density at radius 2 is 2.12 bits per heavy atom. The van der Waals surface area contributed by atoms with Gasteiger partial charge in [0.25, 0.3) is 0 Å². The summed E-state index contributed by atoms with van der Waals surface area (Å²) in [6.45, 7) is 10.6. The van der Waals surface area contributed by atoms with Crippen molar-refractivity contribution in [2.75, 3.05) is 12.3 Å². The fourth-order valence-corrected chi connectivity index (χ4v) is 6.65. The molecule has 0 saturated heterocycles. The van der Waals surface area contributed by atoms with Crippen molar-refractivity contribution in [3.63, 3.8) is 0 Å². The van der Waals surface area contributed by atoms with E-state index in [4.69, 9.17) is 5.73 Å². The van der Waals surface area contributed by atoms with Gasteiger partial charge in [0.2, 0.25) is 5.52 Å². The highest BCUT2D eigenvalue weighted by molar-refractivity contribution is 5.79. The zero-order valence-electron chi connectivity index (χ0n) is 20.4. The largest absolute Gasteiger partial charge is 0.392 e. The monoisotopic (exact) mass is 438 g/mol. The maximum absolute atomic E-state index is 10.0. The Bertz CT molecular complexity index is 1050. The molecule has 2 aromatic rings. The maximum atomic E-state index is 10.0. The van der Waals surface area contributed by atoms with Gasteiger partial charge in [-0.2, -0.15) is 4.98 Å². The predicted molar refractivity (Wildman–Crippen MR) is 129 cm³/mol. The lowest BCUT2D eigenvalue weighted by Gasteiger charge is -2.58. The van der Waals surface area contributed by atoms with Crippen molar-refractivity contribution < 1.29 is 9.67 Å². The molecule has 0 spiro atoms. The number of aliphatic hydroxyl groups is 1. The number of aliphatic hydroxyl groups excluding tert-OH is 1. The van der Waals surface area contributed by atoms with Crippen molar-refractivity contribution >= 4 is 17.0 Å². The zero-order valence-corrected chi connectivity index (χ0v) is 20.4. The second kappa shape index (κ2) is 8.62. The molecule has 3 N–H and O–H groups in total. The Kier molecular flexibility index (Phi) is 6.19. The number of aromatic nitrogens is 4. The van der Waals surface area contributed by atoms with Crippen LogP contribution in [-0.4, -0.2) is 26.2 Å². The Balaban J connectivity index is 1.50. The van der Waals surface area contributed by atoms with Crippen LogP contribution in [0.25, 0.3) is 11.2 Å². The van der Waals surface area contributed by atoms with E-state index in [2.05, 4.69) is 54.4 Å². The second-order valence-electron chi connectivity index (χ2n) is 10.7. The van der Waals surface area contributed by atoms with Gasteiger partial charge in [0.05, 0.1) is 20.2 Å². The number of hydrogen-bond donors (Lipinski definition) is 2. The minimum absolute atomic E-state index is 0.155. The number of nitrogens with two attached hydrogens (primary N) is 1. The molecule has 2 heterocycles. The summed E-state index contributed by atoms with van der Waals surface area (Å²) in [5, 5.41) is 10.0. The molecule has 6 nitrogen and oxygen atoms in total. The highest BCUT2D eigenvalue weighted by Gasteiger charge is 2.53. The first-order valence-electron chi connectivity index (χ1n) is 12.1. The predicted octanol–water partition coefficient (Wildman–Crippen LogP) is 4.34. The van der Waals surface area contributed by atoms with Gasteiger partial charge in [0.15, 0.2) is 18.5 Å². The van der Waals surface area contributed by atoms with E-state index < -0.39 is 0 Å². The summed E-state index contributed by atoms with van der Waals surface area (Å²) in [6.07, 6.45) is 15.3. The molecule has 4 rings (SSSR count). The molecule has 0 radical (unpaired) electrons. The van der Waals surface area contributed by atoms with Crippen molar-refractivity contribution in [2.45, 2.75) is 72.8 Å². The van der Waals surface area contributed by atoms with Crippen molar-refractivity contribution in [3.05, 3.63) is 36.0 Å². The number of hydrogen-bond acceptors (Lipinski definition) is 4. The van der Waals surface area contributed by atoms with Crippen molar-refractivity contribution in [1.29, 1.82) is 0 Å². The Hall–Kier alpha value is -2.21. The lowest BCUT2D eigenvalue weighted by Crippen LogP contribution is -2.50. The zero-order chi connectivity index (χ0) is 23.1. The van der Waals surface area contributed by atoms with E-state index in [1.165, 1.54) is 43.2 Å². The van der Waals surface area contributed by atoms with Crippen LogP contribution in [0, 0.1) is 22.7 Å². The molecule has 2 aliphatic carbocycles. The number of rotatable bonds is 6. The molecule has 0 aliphatic heterocycles. The van der Waals surface area contributed by atoms with Crippen LogP contribution in [0.2, 0.25) is 0 Å². The van der Waals surface area contributed by atoms with Crippen LogP contribution in [0.15, 0.2) is 36.0 Å². The molecule has 4 atom stereocenters. The molecule has 0 amide bonds. The number of fused-ring (bicyclic) bond motifs is 2. The fraction of sp³-hybridized carbons (Fsp3) is 0.654. The van der Waals surface area contributed by atoms with Crippen LogP contribution in [0.1, 0.15) is 66.2 Å². The van der Waals surface area contributed by atoms with Crippen molar-refractivity contribution in [2.24, 2.45) is 29.7 Å². The number of imidazole rings is 1. The summed E-state index contributed by atoms with van der Waals surface area (Å²) < 4.78 is 4.13. The summed E-state index contributed by atoms with van der Waals surface area (Å²) in [7, 11) is 1.99. The third kappa shape index (κ3) is 3.76. The van der Waals surface area contributed by atoms with Gasteiger partial charge in [-0.15, -0.1) is 0 Å². The van der Waals surface area contributed by atoms with Gasteiger partial charge in [-0.05, 0) is 73.7 Å². The van der Waals surface area contributed by atoms with E-state index in [1.54, 1.807) is 0 Å². The first kappa shape index (κ1) is 23.0. The van der Waals surface area contributed by atoms with E-state index in [0.717, 1.165) is 30.6 Å². The van der Waals surface area contributed by atoms with Crippen LogP contribution in [0.5, 0.6) is 0 Å². The normalized spacial score (nSPS) is 30.9. The van der Waals surface area contributed by atoms with E-state index in [1.807, 2.05) is 17.9 Å². The molecule has 174 valence electrons. The molecular formula is C26H40N5O+. The molecule has 2 aliphatic rings. The fourth-order valence-electron chi connectivity index (χ4n) is 6.65. The summed E-state index contributed by atoms with van der Waals surface area (Å²) in [5.41, 5.74) is 11.0. The van der Waals surface area contributed by atoms with Gasteiger partial charge in [-0.25, -0.2) is 4.57 Å². The van der Waals surface area contributed by atoms with Crippen LogP contribution < -0.4 is 10.3 Å². The molecule has 0 bridgehead atoms. The first-order valence-corrected chi connectivity index (χ1v) is 12.1. The Morgan fingerprint density at radius 3 is 2.88 bits per heavy atom. The van der Waals surface area contributed by atoms with Crippen LogP contribution in [0.3, 0.4) is 0 Å². The summed E-state index contributed by atoms with van der Waals surface area (Å²) in [5.74, 6) is 1.87. The Labute approximate surface area is 192 Å². The van der Waals surface area contributed by atoms with Gasteiger partial charge in [0, 0.05) is 0 Å². The van der Waals surface area contributed by atoms with Gasteiger partial charge in [-0.3, -0.25) is 4.57 Å². The third-order valence-electron chi connectivity index (χ3n) is 9.00. The number of nitrogen functional groups attached to an aromatic ring is 1. The number of nitrogens with zero attached hydrogens (tertiary/aromatic N) is 4. The molecule has 6 heteroatoms. The smallest absolute Gasteiger partial charge is 0.307 e. The number of anilines is 1. The molecule has 1 saturated carbocycles. The molecule has 0 unspecified atom stereocenters. The number of aryl methyl sites for hydroxylation is 1. The van der Waals surface area contributed by atoms with E-state index >= 15 is 0 Å². The molecular weight excluding hydrogens is 398 g/mol. The quantitative estimate of drug-likeness (QED) is 0.519. The summed E-state index contributed by atoms with van der Waals surface area (Å²) >= 11 is 0. The van der Waals surface area contributed by atoms with Crippen LogP contribution in [0.4, 0.5) is 5.82 Å². The Morgan fingerprint density at radius 1 is 1.34 bits per heavy atom. The first-order chi connectivity index (χ1) is 15.2. The lowest BCUT2D eigenvalue weighted by molar-refractivity contribution is -0.647. The van der Waals surface area contributed by atoms with Crippen LogP contribution in [-0.2, 0) is 13.6 Å². The summed E-state index contributed by atoms with van der Waals surface area (Å²) in [6, 6.07) is 0. The minimum Gasteiger partial charge on any atom is -0.392 e. The average Bonchev–Trinajstić information content (AvgIpc) is 3.10. The standard InChI is InChI=1S/C26H40N5O/c1-18(11-14-31-17-30(5)24-22(31)23(27)28-16-29-24)9-12-25(3)19(2)10-13-26(4)20(15-32)7-6-8-21(25)26/h7,11,16-17,19,21,32H,6,8-10,12-15H2,1-5H3,(H2,27,28,29)/q+1/b18-11+/t19-,21-,25+,26-/m0/s1. The van der Waals surface area contributed by atoms with Gasteiger partial charge < -0.3 is 10.8 Å². The molecule has 0 aromatic carbocycles. The highest BCUT2D eigenvalue weighted by Crippen LogP contribution is 2.61. The third-order valence-corrected chi connectivity index (χ3v) is 9.00. The topological polar surface area (TPSA) is 80.8 Å².